The zero-order chi connectivity index (χ0) is 20.4. The molecule has 2 aromatic carbocycles. The molecule has 0 saturated carbocycles. The minimum atomic E-state index is -0.633. The Morgan fingerprint density at radius 1 is 1.39 bits per heavy atom. The Bertz CT molecular complexity index is 1130. The van der Waals surface area contributed by atoms with Gasteiger partial charge in [0.2, 0.25) is 0 Å². The number of phenols is 1. The van der Waals surface area contributed by atoms with E-state index in [0.29, 0.717) is 5.58 Å². The first kappa shape index (κ1) is 20.1. The van der Waals surface area contributed by atoms with Crippen LogP contribution >= 0.6 is 38.5 Å². The lowest BCUT2D eigenvalue weighted by Gasteiger charge is -2.05. The number of fused-ring (bicyclic) bond motifs is 1. The number of benzene rings is 2. The average molecular weight is 560 g/mol. The van der Waals surface area contributed by atoms with Crippen LogP contribution in [0.5, 0.6) is 11.5 Å². The number of hydrogen-bond acceptors (Lipinski definition) is 7. The number of carbonyl (C=O) groups excluding carboxylic acids is 1. The van der Waals surface area contributed by atoms with Crippen molar-refractivity contribution in [3.8, 4) is 11.5 Å². The van der Waals surface area contributed by atoms with Gasteiger partial charge in [-0.15, -0.1) is 0 Å². The van der Waals surface area contributed by atoms with Crippen LogP contribution in [0.3, 0.4) is 0 Å². The van der Waals surface area contributed by atoms with Gasteiger partial charge in [-0.05, 0) is 40.8 Å². The molecule has 0 spiro atoms. The molecule has 3 aromatic rings. The van der Waals surface area contributed by atoms with Gasteiger partial charge < -0.3 is 14.3 Å². The molecular formula is C17H11BrIN3O6. The van der Waals surface area contributed by atoms with Gasteiger partial charge in [0.25, 0.3) is 5.69 Å². The summed E-state index contributed by atoms with van der Waals surface area (Å²) in [5.74, 6) is -0.992. The van der Waals surface area contributed by atoms with E-state index >= 15 is 0 Å². The number of nitro groups is 1. The van der Waals surface area contributed by atoms with Gasteiger partial charge in [0, 0.05) is 21.5 Å². The summed E-state index contributed by atoms with van der Waals surface area (Å²) in [6.07, 6.45) is 1.08. The Hall–Kier alpha value is -2.67. The predicted molar refractivity (Wildman–Crippen MR) is 113 cm³/mol. The maximum Gasteiger partial charge on any atom is 0.307 e. The van der Waals surface area contributed by atoms with Gasteiger partial charge in [-0.2, -0.15) is 5.10 Å². The van der Waals surface area contributed by atoms with Crippen LogP contribution in [0.2, 0.25) is 0 Å². The number of furan rings is 1. The molecule has 0 bridgehead atoms. The monoisotopic (exact) mass is 559 g/mol. The molecule has 0 aliphatic rings. The Balaban J connectivity index is 1.83. The highest BCUT2D eigenvalue weighted by Crippen LogP contribution is 2.33. The number of nitrogens with zero attached hydrogens (tertiary/aromatic N) is 2. The van der Waals surface area contributed by atoms with Gasteiger partial charge in [0.1, 0.15) is 5.58 Å². The molecule has 0 atom stereocenters. The fourth-order valence-electron chi connectivity index (χ4n) is 2.38. The summed E-state index contributed by atoms with van der Waals surface area (Å²) >= 11 is 5.48. The third kappa shape index (κ3) is 4.09. The van der Waals surface area contributed by atoms with E-state index in [0.717, 1.165) is 31.8 Å². The first-order chi connectivity index (χ1) is 13.3. The van der Waals surface area contributed by atoms with Crippen LogP contribution in [-0.2, 0) is 0 Å². The number of amides is 1. The average Bonchev–Trinajstić information content (AvgIpc) is 3.07. The van der Waals surface area contributed by atoms with E-state index in [-0.39, 0.29) is 28.5 Å². The molecule has 0 saturated heterocycles. The van der Waals surface area contributed by atoms with Crippen molar-refractivity contribution in [1.82, 2.24) is 5.43 Å². The van der Waals surface area contributed by atoms with Crippen LogP contribution < -0.4 is 10.2 Å². The molecule has 0 fully saturated rings. The van der Waals surface area contributed by atoms with Crippen LogP contribution in [0, 0.1) is 13.7 Å². The number of aromatic hydroxyl groups is 1. The van der Waals surface area contributed by atoms with Gasteiger partial charge in [0.05, 0.1) is 27.9 Å². The van der Waals surface area contributed by atoms with Crippen LogP contribution in [0.15, 0.2) is 44.3 Å². The number of non-ortho nitro benzene ring substituents is 1. The quantitative estimate of drug-likeness (QED) is 0.209. The number of ether oxygens (including phenoxy) is 1. The zero-order valence-corrected chi connectivity index (χ0v) is 17.8. The molecule has 3 rings (SSSR count). The number of rotatable bonds is 5. The molecule has 0 aliphatic heterocycles. The van der Waals surface area contributed by atoms with Crippen molar-refractivity contribution >= 4 is 67.3 Å². The zero-order valence-electron chi connectivity index (χ0n) is 14.1. The predicted octanol–water partition coefficient (Wildman–Crippen LogP) is 4.19. The van der Waals surface area contributed by atoms with Crippen molar-refractivity contribution in [3.05, 3.63) is 59.8 Å². The number of phenolic OH excluding ortho intramolecular Hbond substituents is 1. The van der Waals surface area contributed by atoms with E-state index in [4.69, 9.17) is 9.15 Å². The minimum Gasteiger partial charge on any atom is -0.504 e. The number of nitrogens with one attached hydrogen (secondary N) is 1. The first-order valence-corrected chi connectivity index (χ1v) is 9.44. The number of hydrazone groups is 1. The first-order valence-electron chi connectivity index (χ1n) is 7.57. The molecule has 28 heavy (non-hydrogen) atoms. The van der Waals surface area contributed by atoms with Gasteiger partial charge in [0.15, 0.2) is 17.3 Å². The summed E-state index contributed by atoms with van der Waals surface area (Å²) in [6.45, 7) is 0. The highest BCUT2D eigenvalue weighted by Gasteiger charge is 2.17. The number of halogens is 2. The summed E-state index contributed by atoms with van der Waals surface area (Å²) in [5.41, 5.74) is 2.54. The SMILES string of the molecule is COc1cc([N+](=O)[O-])cc(/C=N\NC(=O)c2cc3cc(Br)cc(I)c3o2)c1O. The normalized spacial score (nSPS) is 11.1. The summed E-state index contributed by atoms with van der Waals surface area (Å²) in [6, 6.07) is 7.42. The lowest BCUT2D eigenvalue weighted by molar-refractivity contribution is -0.385. The fourth-order valence-corrected chi connectivity index (χ4v) is 4.04. The molecule has 9 nitrogen and oxygen atoms in total. The van der Waals surface area contributed by atoms with E-state index in [1.807, 2.05) is 12.1 Å². The van der Waals surface area contributed by atoms with Crippen LogP contribution in [0.4, 0.5) is 5.69 Å². The smallest absolute Gasteiger partial charge is 0.307 e. The topological polar surface area (TPSA) is 127 Å². The summed E-state index contributed by atoms with van der Waals surface area (Å²) in [5, 5.41) is 25.5. The summed E-state index contributed by atoms with van der Waals surface area (Å²) in [4.78, 5) is 22.6. The van der Waals surface area contributed by atoms with Crippen molar-refractivity contribution in [2.75, 3.05) is 7.11 Å². The van der Waals surface area contributed by atoms with Crippen molar-refractivity contribution < 1.29 is 24.0 Å². The maximum atomic E-state index is 12.3. The van der Waals surface area contributed by atoms with E-state index in [1.165, 1.54) is 7.11 Å². The molecule has 1 heterocycles. The largest absolute Gasteiger partial charge is 0.504 e. The lowest BCUT2D eigenvalue weighted by Crippen LogP contribution is -2.16. The third-order valence-corrected chi connectivity index (χ3v) is 4.91. The number of carbonyl (C=O) groups is 1. The Labute approximate surface area is 179 Å². The minimum absolute atomic E-state index is 0.00874. The second-order valence-electron chi connectivity index (χ2n) is 5.46. The Morgan fingerprint density at radius 2 is 2.14 bits per heavy atom. The lowest BCUT2D eigenvalue weighted by atomic mass is 10.2. The molecule has 0 unspecified atom stereocenters. The van der Waals surface area contributed by atoms with Crippen LogP contribution in [-0.4, -0.2) is 29.3 Å². The van der Waals surface area contributed by atoms with Gasteiger partial charge >= 0.3 is 5.91 Å². The highest BCUT2D eigenvalue weighted by molar-refractivity contribution is 14.1. The summed E-state index contributed by atoms with van der Waals surface area (Å²) < 4.78 is 12.1. The van der Waals surface area contributed by atoms with Crippen molar-refractivity contribution in [2.24, 2.45) is 5.10 Å². The van der Waals surface area contributed by atoms with Crippen molar-refractivity contribution in [1.29, 1.82) is 0 Å². The third-order valence-electron chi connectivity index (χ3n) is 3.65. The molecule has 144 valence electrons. The van der Waals surface area contributed by atoms with Gasteiger partial charge in [-0.25, -0.2) is 5.43 Å². The fraction of sp³-hybridized carbons (Fsp3) is 0.0588. The molecular weight excluding hydrogens is 549 g/mol. The molecule has 1 aromatic heterocycles. The van der Waals surface area contributed by atoms with E-state index in [9.17, 15) is 20.0 Å². The van der Waals surface area contributed by atoms with Gasteiger partial charge in [-0.3, -0.25) is 14.9 Å². The molecule has 2 N–H and O–H groups in total. The van der Waals surface area contributed by atoms with E-state index < -0.39 is 10.8 Å². The molecule has 1 amide bonds. The molecule has 0 radical (unpaired) electrons. The second kappa shape index (κ2) is 8.14. The molecule has 11 heteroatoms. The van der Waals surface area contributed by atoms with E-state index in [1.54, 1.807) is 6.07 Å². The van der Waals surface area contributed by atoms with Crippen molar-refractivity contribution in [2.45, 2.75) is 0 Å². The number of methoxy groups -OCH3 is 1. The second-order valence-corrected chi connectivity index (χ2v) is 7.54. The standard InChI is InChI=1S/C17H11BrIN3O6/c1-27-13-6-11(22(25)26)3-9(15(13)23)7-20-21-17(24)14-4-8-2-10(18)5-12(19)16(8)28-14/h2-7,23H,1H3,(H,21,24)/b20-7-. The maximum absolute atomic E-state index is 12.3. The van der Waals surface area contributed by atoms with Gasteiger partial charge in [-0.1, -0.05) is 15.9 Å². The van der Waals surface area contributed by atoms with E-state index in [2.05, 4.69) is 49.0 Å². The highest BCUT2D eigenvalue weighted by atomic mass is 127. The Kier molecular flexibility index (Phi) is 5.84. The number of nitro benzene ring substituents is 1. The number of hydrogen-bond donors (Lipinski definition) is 2. The van der Waals surface area contributed by atoms with Crippen LogP contribution in [0.1, 0.15) is 16.1 Å². The van der Waals surface area contributed by atoms with Crippen LogP contribution in [0.25, 0.3) is 11.0 Å². The van der Waals surface area contributed by atoms with Crippen molar-refractivity contribution in [3.63, 3.8) is 0 Å². The Morgan fingerprint density at radius 3 is 2.82 bits per heavy atom. The molecule has 0 aliphatic carbocycles. The summed E-state index contributed by atoms with van der Waals surface area (Å²) in [7, 11) is 1.27.